The van der Waals surface area contributed by atoms with Crippen molar-refractivity contribution in [2.45, 2.75) is 32.9 Å². The third-order valence-corrected chi connectivity index (χ3v) is 4.40. The number of hydrogen-bond donors (Lipinski definition) is 1. The molecule has 0 saturated heterocycles. The molecule has 0 atom stereocenters. The topological polar surface area (TPSA) is 67.8 Å². The van der Waals surface area contributed by atoms with Gasteiger partial charge in [0.15, 0.2) is 10.3 Å². The third kappa shape index (κ3) is 4.01. The summed E-state index contributed by atoms with van der Waals surface area (Å²) in [6.07, 6.45) is 0. The van der Waals surface area contributed by atoms with Gasteiger partial charge in [-0.15, -0.1) is 11.3 Å². The number of thioether (sulfide) groups is 1. The lowest BCUT2D eigenvalue weighted by Crippen LogP contribution is -2.14. The molecule has 0 unspecified atom stereocenters. The molecular formula is C13H16N4OS2. The summed E-state index contributed by atoms with van der Waals surface area (Å²) >= 11 is 2.82. The second-order valence-corrected chi connectivity index (χ2v) is 6.58. The predicted octanol–water partition coefficient (Wildman–Crippen LogP) is 2.90. The molecule has 1 N–H and O–H groups in total. The van der Waals surface area contributed by atoms with E-state index in [1.165, 1.54) is 23.1 Å². The van der Waals surface area contributed by atoms with Crippen molar-refractivity contribution in [3.05, 3.63) is 28.0 Å². The Morgan fingerprint density at radius 3 is 2.40 bits per heavy atom. The first kappa shape index (κ1) is 14.9. The number of nitrogens with zero attached hydrogens (tertiary/aromatic N) is 3. The second kappa shape index (κ2) is 6.32. The Bertz CT molecular complexity index is 600. The summed E-state index contributed by atoms with van der Waals surface area (Å²) in [5.41, 5.74) is 2.77. The molecule has 5 nitrogen and oxygen atoms in total. The van der Waals surface area contributed by atoms with Crippen molar-refractivity contribution in [3.8, 4) is 0 Å². The van der Waals surface area contributed by atoms with Crippen LogP contribution in [0.15, 0.2) is 11.2 Å². The SMILES string of the molecule is Cc1cc(C)nc(SCC(=O)Nc2nc(C)c(C)s2)n1. The van der Waals surface area contributed by atoms with Gasteiger partial charge in [-0.1, -0.05) is 11.8 Å². The number of amides is 1. The average molecular weight is 308 g/mol. The molecule has 0 saturated carbocycles. The van der Waals surface area contributed by atoms with Gasteiger partial charge < -0.3 is 5.32 Å². The molecule has 7 heteroatoms. The number of aromatic nitrogens is 3. The largest absolute Gasteiger partial charge is 0.301 e. The van der Waals surface area contributed by atoms with Crippen LogP contribution >= 0.6 is 23.1 Å². The number of nitrogens with one attached hydrogen (secondary N) is 1. The molecule has 0 fully saturated rings. The fourth-order valence-electron chi connectivity index (χ4n) is 1.57. The van der Waals surface area contributed by atoms with E-state index in [9.17, 15) is 4.79 Å². The van der Waals surface area contributed by atoms with E-state index in [0.29, 0.717) is 10.3 Å². The van der Waals surface area contributed by atoms with Crippen LogP contribution in [0.5, 0.6) is 0 Å². The zero-order valence-corrected chi connectivity index (χ0v) is 13.5. The third-order valence-electron chi connectivity index (χ3n) is 2.57. The maximum atomic E-state index is 11.9. The molecule has 2 rings (SSSR count). The molecular weight excluding hydrogens is 292 g/mol. The van der Waals surface area contributed by atoms with E-state index in [-0.39, 0.29) is 11.7 Å². The predicted molar refractivity (Wildman–Crippen MR) is 82.4 cm³/mol. The van der Waals surface area contributed by atoms with Crippen LogP contribution < -0.4 is 5.32 Å². The first-order chi connectivity index (χ1) is 9.44. The van der Waals surface area contributed by atoms with Gasteiger partial charge in [-0.2, -0.15) is 0 Å². The summed E-state index contributed by atoms with van der Waals surface area (Å²) < 4.78 is 0. The molecule has 2 aromatic heterocycles. The van der Waals surface area contributed by atoms with Gasteiger partial charge in [0.05, 0.1) is 11.4 Å². The molecule has 2 heterocycles. The molecule has 0 radical (unpaired) electrons. The van der Waals surface area contributed by atoms with E-state index in [1.54, 1.807) is 0 Å². The Labute approximate surface area is 126 Å². The van der Waals surface area contributed by atoms with Gasteiger partial charge >= 0.3 is 0 Å². The maximum absolute atomic E-state index is 11.9. The number of rotatable bonds is 4. The van der Waals surface area contributed by atoms with Crippen molar-refractivity contribution in [2.24, 2.45) is 0 Å². The van der Waals surface area contributed by atoms with Gasteiger partial charge in [0.25, 0.3) is 0 Å². The van der Waals surface area contributed by atoms with Gasteiger partial charge in [-0.05, 0) is 33.8 Å². The van der Waals surface area contributed by atoms with Crippen LogP contribution in [0.3, 0.4) is 0 Å². The van der Waals surface area contributed by atoms with Crippen molar-refractivity contribution in [1.29, 1.82) is 0 Å². The Morgan fingerprint density at radius 1 is 1.20 bits per heavy atom. The Balaban J connectivity index is 1.92. The van der Waals surface area contributed by atoms with Crippen molar-refractivity contribution in [3.63, 3.8) is 0 Å². The van der Waals surface area contributed by atoms with Crippen LogP contribution in [0.1, 0.15) is 22.0 Å². The zero-order chi connectivity index (χ0) is 14.7. The van der Waals surface area contributed by atoms with Gasteiger partial charge in [-0.3, -0.25) is 4.79 Å². The Hall–Kier alpha value is -1.47. The molecule has 0 spiro atoms. The lowest BCUT2D eigenvalue weighted by molar-refractivity contribution is -0.113. The van der Waals surface area contributed by atoms with Gasteiger partial charge in [0.2, 0.25) is 5.91 Å². The standard InChI is InChI=1S/C13H16N4OS2/c1-7-5-8(2)15-12(14-7)19-6-11(18)17-13-16-9(3)10(4)20-13/h5H,6H2,1-4H3,(H,16,17,18). The smallest absolute Gasteiger partial charge is 0.236 e. The van der Waals surface area contributed by atoms with Crippen LogP contribution in [0.2, 0.25) is 0 Å². The minimum Gasteiger partial charge on any atom is -0.301 e. The number of thiazole rings is 1. The van der Waals surface area contributed by atoms with Crippen LogP contribution in [-0.2, 0) is 4.79 Å². The molecule has 2 aromatic rings. The highest BCUT2D eigenvalue weighted by Crippen LogP contribution is 2.21. The summed E-state index contributed by atoms with van der Waals surface area (Å²) in [5, 5.41) is 4.07. The summed E-state index contributed by atoms with van der Waals surface area (Å²) in [4.78, 5) is 25.8. The number of carbonyl (C=O) groups excluding carboxylic acids is 1. The highest BCUT2D eigenvalue weighted by Gasteiger charge is 2.09. The minimum absolute atomic E-state index is 0.0912. The number of aryl methyl sites for hydroxylation is 4. The highest BCUT2D eigenvalue weighted by molar-refractivity contribution is 7.99. The van der Waals surface area contributed by atoms with E-state index < -0.39 is 0 Å². The number of anilines is 1. The maximum Gasteiger partial charge on any atom is 0.236 e. The normalized spacial score (nSPS) is 10.6. The lowest BCUT2D eigenvalue weighted by atomic mass is 10.4. The van der Waals surface area contributed by atoms with E-state index in [0.717, 1.165) is 22.0 Å². The molecule has 0 aromatic carbocycles. The van der Waals surface area contributed by atoms with E-state index in [1.807, 2.05) is 33.8 Å². The van der Waals surface area contributed by atoms with Gasteiger partial charge in [-0.25, -0.2) is 15.0 Å². The van der Waals surface area contributed by atoms with Crippen molar-refractivity contribution >= 4 is 34.1 Å². The average Bonchev–Trinajstić information content (AvgIpc) is 2.64. The van der Waals surface area contributed by atoms with Crippen LogP contribution in [0.4, 0.5) is 5.13 Å². The molecule has 0 aliphatic rings. The van der Waals surface area contributed by atoms with Gasteiger partial charge in [0, 0.05) is 16.3 Å². The Morgan fingerprint density at radius 2 is 1.85 bits per heavy atom. The highest BCUT2D eigenvalue weighted by atomic mass is 32.2. The van der Waals surface area contributed by atoms with E-state index in [4.69, 9.17) is 0 Å². The molecule has 106 valence electrons. The van der Waals surface area contributed by atoms with Crippen molar-refractivity contribution in [2.75, 3.05) is 11.1 Å². The fraction of sp³-hybridized carbons (Fsp3) is 0.385. The summed E-state index contributed by atoms with van der Waals surface area (Å²) in [6.45, 7) is 7.75. The Kier molecular flexibility index (Phi) is 4.72. The number of hydrogen-bond acceptors (Lipinski definition) is 6. The second-order valence-electron chi connectivity index (χ2n) is 4.43. The van der Waals surface area contributed by atoms with Gasteiger partial charge in [0.1, 0.15) is 0 Å². The summed E-state index contributed by atoms with van der Waals surface area (Å²) in [6, 6.07) is 1.91. The van der Waals surface area contributed by atoms with Crippen molar-refractivity contribution < 1.29 is 4.79 Å². The van der Waals surface area contributed by atoms with E-state index >= 15 is 0 Å². The lowest BCUT2D eigenvalue weighted by Gasteiger charge is -2.03. The quantitative estimate of drug-likeness (QED) is 0.695. The minimum atomic E-state index is -0.0912. The number of carbonyl (C=O) groups is 1. The summed E-state index contributed by atoms with van der Waals surface area (Å²) in [7, 11) is 0. The van der Waals surface area contributed by atoms with Crippen LogP contribution in [0, 0.1) is 27.7 Å². The molecule has 1 amide bonds. The molecule has 0 bridgehead atoms. The zero-order valence-electron chi connectivity index (χ0n) is 11.9. The summed E-state index contributed by atoms with van der Waals surface area (Å²) in [5.74, 6) is 0.187. The molecule has 0 aliphatic heterocycles. The van der Waals surface area contributed by atoms with Crippen molar-refractivity contribution in [1.82, 2.24) is 15.0 Å². The van der Waals surface area contributed by atoms with Crippen LogP contribution in [-0.4, -0.2) is 26.6 Å². The first-order valence-electron chi connectivity index (χ1n) is 6.13. The first-order valence-corrected chi connectivity index (χ1v) is 7.93. The molecule has 20 heavy (non-hydrogen) atoms. The monoisotopic (exact) mass is 308 g/mol. The fourth-order valence-corrected chi connectivity index (χ4v) is 3.15. The van der Waals surface area contributed by atoms with E-state index in [2.05, 4.69) is 20.3 Å². The van der Waals surface area contributed by atoms with Crippen LogP contribution in [0.25, 0.3) is 0 Å². The molecule has 0 aliphatic carbocycles.